The van der Waals surface area contributed by atoms with Gasteiger partial charge in [-0.05, 0) is 54.4 Å². The first-order chi connectivity index (χ1) is 13.9. The van der Waals surface area contributed by atoms with Crippen LogP contribution in [0.25, 0.3) is 6.08 Å². The predicted molar refractivity (Wildman–Crippen MR) is 105 cm³/mol. The van der Waals surface area contributed by atoms with Gasteiger partial charge in [-0.2, -0.15) is 0 Å². The fourth-order valence-corrected chi connectivity index (χ4v) is 3.87. The molecule has 1 atom stereocenters. The number of ether oxygens (including phenoxy) is 1. The van der Waals surface area contributed by atoms with Crippen molar-refractivity contribution in [1.82, 2.24) is 10.2 Å². The second-order valence-electron chi connectivity index (χ2n) is 7.42. The third kappa shape index (κ3) is 4.30. The van der Waals surface area contributed by atoms with Crippen molar-refractivity contribution in [1.29, 1.82) is 0 Å². The highest BCUT2D eigenvalue weighted by molar-refractivity contribution is 5.99. The van der Waals surface area contributed by atoms with Crippen molar-refractivity contribution >= 4 is 18.0 Å². The number of carboxylic acid groups (broad SMARTS) is 1. The Bertz CT molecular complexity index is 973. The lowest BCUT2D eigenvalue weighted by Gasteiger charge is -2.45. The van der Waals surface area contributed by atoms with Crippen LogP contribution < -0.4 is 10.1 Å². The smallest absolute Gasteiger partial charge is 0.328 e. The van der Waals surface area contributed by atoms with Crippen LogP contribution in [0.2, 0.25) is 0 Å². The number of carbonyl (C=O) groups is 2. The fourth-order valence-electron chi connectivity index (χ4n) is 3.87. The number of aliphatic carboxylic acids is 1. The molecule has 2 aliphatic heterocycles. The number of piperidine rings is 1. The van der Waals surface area contributed by atoms with Gasteiger partial charge >= 0.3 is 5.97 Å². The average molecular weight is 396 g/mol. The molecule has 150 valence electrons. The molecular formula is C22H21FN2O4. The number of amides is 1. The van der Waals surface area contributed by atoms with Crippen LogP contribution in [0, 0.1) is 5.82 Å². The Morgan fingerprint density at radius 3 is 2.83 bits per heavy atom. The second-order valence-corrected chi connectivity index (χ2v) is 7.42. The van der Waals surface area contributed by atoms with E-state index in [0.29, 0.717) is 36.4 Å². The highest BCUT2D eigenvalue weighted by Gasteiger charge is 2.43. The summed E-state index contributed by atoms with van der Waals surface area (Å²) in [6, 6.07) is 11.5. The molecule has 6 nitrogen and oxygen atoms in total. The molecule has 1 saturated heterocycles. The van der Waals surface area contributed by atoms with Crippen LogP contribution in [-0.4, -0.2) is 40.7 Å². The van der Waals surface area contributed by atoms with Gasteiger partial charge in [-0.15, -0.1) is 0 Å². The van der Waals surface area contributed by atoms with E-state index in [0.717, 1.165) is 24.6 Å². The molecule has 2 heterocycles. The zero-order valence-corrected chi connectivity index (χ0v) is 15.7. The minimum Gasteiger partial charge on any atom is -0.478 e. The summed E-state index contributed by atoms with van der Waals surface area (Å²) in [7, 11) is 0. The van der Waals surface area contributed by atoms with Gasteiger partial charge < -0.3 is 15.2 Å². The van der Waals surface area contributed by atoms with Crippen molar-refractivity contribution in [3.8, 4) is 5.75 Å². The molecule has 2 N–H and O–H groups in total. The van der Waals surface area contributed by atoms with Crippen LogP contribution in [0.15, 0.2) is 48.5 Å². The molecule has 4 rings (SSSR count). The summed E-state index contributed by atoms with van der Waals surface area (Å²) in [6.07, 6.45) is 4.01. The van der Waals surface area contributed by atoms with Crippen LogP contribution >= 0.6 is 0 Å². The number of hydrogen-bond donors (Lipinski definition) is 2. The number of halogens is 1. The number of benzene rings is 2. The van der Waals surface area contributed by atoms with Gasteiger partial charge in [-0.3, -0.25) is 9.69 Å². The molecule has 0 saturated carbocycles. The minimum atomic E-state index is -1.05. The quantitative estimate of drug-likeness (QED) is 0.777. The molecule has 2 aliphatic rings. The van der Waals surface area contributed by atoms with E-state index in [1.807, 2.05) is 0 Å². The minimum absolute atomic E-state index is 0.236. The summed E-state index contributed by atoms with van der Waals surface area (Å²) in [6.45, 7) is 2.04. The van der Waals surface area contributed by atoms with Gasteiger partial charge in [0, 0.05) is 19.0 Å². The molecule has 1 unspecified atom stereocenters. The molecule has 1 amide bonds. The van der Waals surface area contributed by atoms with Gasteiger partial charge in [-0.1, -0.05) is 18.2 Å². The molecule has 2 aromatic carbocycles. The van der Waals surface area contributed by atoms with E-state index < -0.39 is 11.7 Å². The topological polar surface area (TPSA) is 78.9 Å². The van der Waals surface area contributed by atoms with E-state index in [1.54, 1.807) is 30.3 Å². The van der Waals surface area contributed by atoms with Crippen molar-refractivity contribution in [2.75, 3.05) is 13.1 Å². The molecule has 1 spiro atoms. The molecule has 0 radical (unpaired) electrons. The SMILES string of the molecule is O=C(O)C=Cc1ccc2c(c1)C(=O)NC1(CCCN(Cc3ccc(F)cc3)C1)O2. The van der Waals surface area contributed by atoms with Gasteiger partial charge in [-0.25, -0.2) is 9.18 Å². The van der Waals surface area contributed by atoms with Crippen LogP contribution in [0.5, 0.6) is 5.75 Å². The Hall–Kier alpha value is -3.19. The zero-order chi connectivity index (χ0) is 20.4. The largest absolute Gasteiger partial charge is 0.478 e. The Kier molecular flexibility index (Phi) is 5.07. The molecule has 0 aromatic heterocycles. The van der Waals surface area contributed by atoms with Crippen molar-refractivity contribution < 1.29 is 23.8 Å². The number of likely N-dealkylation sites (tertiary alicyclic amines) is 1. The lowest BCUT2D eigenvalue weighted by Crippen LogP contribution is -2.63. The molecule has 1 fully saturated rings. The number of nitrogens with zero attached hydrogens (tertiary/aromatic N) is 1. The molecule has 0 bridgehead atoms. The van der Waals surface area contributed by atoms with E-state index in [4.69, 9.17) is 9.84 Å². The number of carboxylic acids is 1. The third-order valence-corrected chi connectivity index (χ3v) is 5.17. The standard InChI is InChI=1S/C22H21FN2O4/c23-17-6-2-16(3-7-17)13-25-11-1-10-22(14-25)24-21(28)18-12-15(5-9-20(26)27)4-8-19(18)29-22/h2-9,12H,1,10-11,13-14H2,(H,24,28)(H,26,27). The monoisotopic (exact) mass is 396 g/mol. The van der Waals surface area contributed by atoms with Crippen molar-refractivity contribution in [2.45, 2.75) is 25.1 Å². The van der Waals surface area contributed by atoms with Crippen molar-refractivity contribution in [3.05, 3.63) is 71.0 Å². The van der Waals surface area contributed by atoms with Crippen LogP contribution in [0.4, 0.5) is 4.39 Å². The highest BCUT2D eigenvalue weighted by Crippen LogP contribution is 2.34. The van der Waals surface area contributed by atoms with Crippen LogP contribution in [-0.2, 0) is 11.3 Å². The predicted octanol–water partition coefficient (Wildman–Crippen LogP) is 3.04. The highest BCUT2D eigenvalue weighted by atomic mass is 19.1. The lowest BCUT2D eigenvalue weighted by molar-refractivity contribution is -0.131. The average Bonchev–Trinajstić information content (AvgIpc) is 2.68. The summed E-state index contributed by atoms with van der Waals surface area (Å²) in [4.78, 5) is 25.6. The van der Waals surface area contributed by atoms with Crippen LogP contribution in [0.3, 0.4) is 0 Å². The Morgan fingerprint density at radius 1 is 1.28 bits per heavy atom. The van der Waals surface area contributed by atoms with E-state index in [1.165, 1.54) is 18.2 Å². The first kappa shape index (κ1) is 19.1. The van der Waals surface area contributed by atoms with Gasteiger partial charge in [0.15, 0.2) is 5.72 Å². The number of fused-ring (bicyclic) bond motifs is 1. The maximum Gasteiger partial charge on any atom is 0.328 e. The first-order valence-corrected chi connectivity index (χ1v) is 9.46. The van der Waals surface area contributed by atoms with Crippen LogP contribution in [0.1, 0.15) is 34.3 Å². The van der Waals surface area contributed by atoms with Crippen molar-refractivity contribution in [3.63, 3.8) is 0 Å². The second kappa shape index (κ2) is 7.67. The number of rotatable bonds is 4. The van der Waals surface area contributed by atoms with E-state index in [2.05, 4.69) is 10.2 Å². The van der Waals surface area contributed by atoms with E-state index >= 15 is 0 Å². The fraction of sp³-hybridized carbons (Fsp3) is 0.273. The summed E-state index contributed by atoms with van der Waals surface area (Å²) in [5.41, 5.74) is 1.20. The van der Waals surface area contributed by atoms with E-state index in [-0.39, 0.29) is 11.7 Å². The summed E-state index contributed by atoms with van der Waals surface area (Å²) in [5.74, 6) is -1.06. The molecular weight excluding hydrogens is 375 g/mol. The van der Waals surface area contributed by atoms with Crippen molar-refractivity contribution in [2.24, 2.45) is 0 Å². The molecule has 29 heavy (non-hydrogen) atoms. The maximum atomic E-state index is 13.1. The zero-order valence-electron chi connectivity index (χ0n) is 15.7. The maximum absolute atomic E-state index is 13.1. The van der Waals surface area contributed by atoms with Gasteiger partial charge in [0.05, 0.1) is 12.1 Å². The van der Waals surface area contributed by atoms with Gasteiger partial charge in [0.1, 0.15) is 11.6 Å². The normalized spacial score (nSPS) is 21.6. The summed E-state index contributed by atoms with van der Waals surface area (Å²) in [5, 5.41) is 11.8. The third-order valence-electron chi connectivity index (χ3n) is 5.17. The Morgan fingerprint density at radius 2 is 2.07 bits per heavy atom. The van der Waals surface area contributed by atoms with Gasteiger partial charge in [0.2, 0.25) is 0 Å². The van der Waals surface area contributed by atoms with E-state index in [9.17, 15) is 14.0 Å². The number of carbonyl (C=O) groups excluding carboxylic acids is 1. The molecule has 7 heteroatoms. The lowest BCUT2D eigenvalue weighted by atomic mass is 9.97. The Balaban J connectivity index is 1.51. The molecule has 2 aromatic rings. The number of hydrogen-bond acceptors (Lipinski definition) is 4. The number of nitrogens with one attached hydrogen (secondary N) is 1. The summed E-state index contributed by atoms with van der Waals surface area (Å²) < 4.78 is 19.4. The van der Waals surface area contributed by atoms with Gasteiger partial charge in [0.25, 0.3) is 5.91 Å². The first-order valence-electron chi connectivity index (χ1n) is 9.46. The summed E-state index contributed by atoms with van der Waals surface area (Å²) >= 11 is 0. The Labute approximate surface area is 167 Å². The molecule has 0 aliphatic carbocycles.